The number of para-hydroxylation sites is 1. The molecule has 114 valence electrons. The van der Waals surface area contributed by atoms with Crippen molar-refractivity contribution in [1.29, 1.82) is 0 Å². The number of nitro benzene ring substituents is 1. The van der Waals surface area contributed by atoms with E-state index in [0.29, 0.717) is 0 Å². The van der Waals surface area contributed by atoms with Crippen LogP contribution in [0.1, 0.15) is 30.6 Å². The van der Waals surface area contributed by atoms with Gasteiger partial charge in [-0.3, -0.25) is 19.7 Å². The maximum absolute atomic E-state index is 11.9. The summed E-state index contributed by atoms with van der Waals surface area (Å²) in [5.41, 5.74) is 4.07. The molecule has 1 aromatic rings. The Kier molecular flexibility index (Phi) is 4.85. The van der Waals surface area contributed by atoms with Crippen LogP contribution in [0.5, 0.6) is 0 Å². The lowest BCUT2D eigenvalue weighted by molar-refractivity contribution is -0.383. The van der Waals surface area contributed by atoms with Crippen LogP contribution in [0.2, 0.25) is 0 Å². The number of carbonyl (C=O) groups is 2. The number of amides is 1. The van der Waals surface area contributed by atoms with Gasteiger partial charge < -0.3 is 16.2 Å². The summed E-state index contributed by atoms with van der Waals surface area (Å²) in [6.45, 7) is 3.21. The molecule has 21 heavy (non-hydrogen) atoms. The van der Waals surface area contributed by atoms with Crippen LogP contribution in [0.3, 0.4) is 0 Å². The lowest BCUT2D eigenvalue weighted by atomic mass is 9.89. The van der Waals surface area contributed by atoms with Crippen LogP contribution in [0.25, 0.3) is 0 Å². The first-order valence-electron chi connectivity index (χ1n) is 6.21. The molecule has 0 aliphatic carbocycles. The number of benzene rings is 1. The number of nitrogens with one attached hydrogen (secondary N) is 1. The second kappa shape index (κ2) is 6.21. The van der Waals surface area contributed by atoms with Gasteiger partial charge in [0.25, 0.3) is 11.6 Å². The van der Waals surface area contributed by atoms with Crippen LogP contribution in [0, 0.1) is 15.5 Å². The molecule has 0 spiro atoms. The quantitative estimate of drug-likeness (QED) is 0.412. The maximum atomic E-state index is 11.9. The third-order valence-corrected chi connectivity index (χ3v) is 3.14. The summed E-state index contributed by atoms with van der Waals surface area (Å²) in [6.07, 6.45) is 0.225. The molecule has 0 saturated heterocycles. The SMILES string of the molecule is CC(C)(CCNC(=O)c1cccc([N+](=O)[O-])c1N)C(=O)O. The van der Waals surface area contributed by atoms with E-state index in [9.17, 15) is 19.7 Å². The number of nitrogens with zero attached hydrogens (tertiary/aromatic N) is 1. The number of hydrogen-bond donors (Lipinski definition) is 3. The Bertz CT molecular complexity index is 583. The molecule has 8 nitrogen and oxygen atoms in total. The number of anilines is 1. The molecule has 0 unspecified atom stereocenters. The van der Waals surface area contributed by atoms with E-state index < -0.39 is 22.2 Å². The summed E-state index contributed by atoms with van der Waals surface area (Å²) in [6, 6.07) is 3.95. The van der Waals surface area contributed by atoms with E-state index in [0.717, 1.165) is 0 Å². The molecule has 0 aromatic heterocycles. The molecule has 0 radical (unpaired) electrons. The zero-order chi connectivity index (χ0) is 16.2. The van der Waals surface area contributed by atoms with Crippen LogP contribution in [-0.4, -0.2) is 28.5 Å². The molecule has 1 amide bonds. The van der Waals surface area contributed by atoms with Crippen LogP contribution >= 0.6 is 0 Å². The number of aliphatic carboxylic acids is 1. The Labute approximate surface area is 121 Å². The van der Waals surface area contributed by atoms with Gasteiger partial charge >= 0.3 is 5.97 Å². The van der Waals surface area contributed by atoms with Gasteiger partial charge in [0.15, 0.2) is 0 Å². The largest absolute Gasteiger partial charge is 0.481 e. The third kappa shape index (κ3) is 3.91. The normalized spacial score (nSPS) is 11.0. The Morgan fingerprint density at radius 2 is 2.05 bits per heavy atom. The van der Waals surface area contributed by atoms with Crippen LogP contribution < -0.4 is 11.1 Å². The van der Waals surface area contributed by atoms with E-state index in [1.807, 2.05) is 0 Å². The van der Waals surface area contributed by atoms with E-state index in [1.165, 1.54) is 18.2 Å². The minimum atomic E-state index is -0.971. The zero-order valence-electron chi connectivity index (χ0n) is 11.8. The predicted molar refractivity (Wildman–Crippen MR) is 75.9 cm³/mol. The highest BCUT2D eigenvalue weighted by Crippen LogP contribution is 2.25. The van der Waals surface area contributed by atoms with Gasteiger partial charge in [0.2, 0.25) is 0 Å². The molecule has 0 fully saturated rings. The molecule has 8 heteroatoms. The highest BCUT2D eigenvalue weighted by atomic mass is 16.6. The number of nitro groups is 1. The van der Waals surface area contributed by atoms with Crippen molar-refractivity contribution in [3.63, 3.8) is 0 Å². The fourth-order valence-corrected chi connectivity index (χ4v) is 1.60. The monoisotopic (exact) mass is 295 g/mol. The highest BCUT2D eigenvalue weighted by Gasteiger charge is 2.27. The zero-order valence-corrected chi connectivity index (χ0v) is 11.8. The summed E-state index contributed by atoms with van der Waals surface area (Å²) in [5.74, 6) is -1.54. The van der Waals surface area contributed by atoms with Crippen molar-refractivity contribution in [2.24, 2.45) is 5.41 Å². The minimum Gasteiger partial charge on any atom is -0.481 e. The number of nitrogen functional groups attached to an aromatic ring is 1. The summed E-state index contributed by atoms with van der Waals surface area (Å²) in [7, 11) is 0. The van der Waals surface area contributed by atoms with Crippen molar-refractivity contribution in [2.45, 2.75) is 20.3 Å². The average molecular weight is 295 g/mol. The third-order valence-electron chi connectivity index (χ3n) is 3.14. The fourth-order valence-electron chi connectivity index (χ4n) is 1.60. The van der Waals surface area contributed by atoms with E-state index in [4.69, 9.17) is 10.8 Å². The first-order valence-corrected chi connectivity index (χ1v) is 6.21. The van der Waals surface area contributed by atoms with Crippen molar-refractivity contribution < 1.29 is 19.6 Å². The smallest absolute Gasteiger partial charge is 0.309 e. The average Bonchev–Trinajstić information content (AvgIpc) is 2.37. The Balaban J connectivity index is 2.76. The van der Waals surface area contributed by atoms with Gasteiger partial charge in [-0.25, -0.2) is 0 Å². The molecule has 0 atom stereocenters. The van der Waals surface area contributed by atoms with E-state index in [-0.39, 0.29) is 29.9 Å². The molecule has 0 saturated carbocycles. The second-order valence-electron chi connectivity index (χ2n) is 5.19. The Hall–Kier alpha value is -2.64. The fraction of sp³-hybridized carbons (Fsp3) is 0.385. The Morgan fingerprint density at radius 3 is 2.57 bits per heavy atom. The molecule has 0 bridgehead atoms. The summed E-state index contributed by atoms with van der Waals surface area (Å²) < 4.78 is 0. The number of hydrogen-bond acceptors (Lipinski definition) is 5. The number of nitrogens with two attached hydrogens (primary N) is 1. The molecule has 0 aliphatic heterocycles. The van der Waals surface area contributed by atoms with Gasteiger partial charge in [0.1, 0.15) is 5.69 Å². The van der Waals surface area contributed by atoms with Gasteiger partial charge in [-0.2, -0.15) is 0 Å². The molecule has 0 aliphatic rings. The summed E-state index contributed by atoms with van der Waals surface area (Å²) >= 11 is 0. The van der Waals surface area contributed by atoms with Gasteiger partial charge in [-0.1, -0.05) is 6.07 Å². The molecule has 4 N–H and O–H groups in total. The lowest BCUT2D eigenvalue weighted by Gasteiger charge is -2.19. The number of carboxylic acid groups (broad SMARTS) is 1. The predicted octanol–water partition coefficient (Wildman–Crippen LogP) is 1.41. The number of rotatable bonds is 6. The molecular formula is C13H17N3O5. The van der Waals surface area contributed by atoms with Crippen molar-refractivity contribution in [1.82, 2.24) is 5.32 Å². The summed E-state index contributed by atoms with van der Waals surface area (Å²) in [5, 5.41) is 22.2. The van der Waals surface area contributed by atoms with Gasteiger partial charge in [0.05, 0.1) is 15.9 Å². The molecule has 1 rings (SSSR count). The molecular weight excluding hydrogens is 278 g/mol. The molecule has 0 heterocycles. The van der Waals surface area contributed by atoms with Gasteiger partial charge in [-0.15, -0.1) is 0 Å². The highest BCUT2D eigenvalue weighted by molar-refractivity contribution is 6.00. The van der Waals surface area contributed by atoms with Crippen LogP contribution in [0.15, 0.2) is 18.2 Å². The van der Waals surface area contributed by atoms with Gasteiger partial charge in [0, 0.05) is 12.6 Å². The molecule has 1 aromatic carbocycles. The Morgan fingerprint density at radius 1 is 1.43 bits per heavy atom. The van der Waals surface area contributed by atoms with Crippen molar-refractivity contribution in [2.75, 3.05) is 12.3 Å². The van der Waals surface area contributed by atoms with Crippen molar-refractivity contribution >= 4 is 23.3 Å². The maximum Gasteiger partial charge on any atom is 0.309 e. The standard InChI is InChI=1S/C13H17N3O5/c1-13(2,12(18)19)6-7-15-11(17)8-4-3-5-9(10(8)14)16(20)21/h3-5H,6-7,14H2,1-2H3,(H,15,17)(H,18,19). The van der Waals surface area contributed by atoms with Gasteiger partial charge in [-0.05, 0) is 26.3 Å². The van der Waals surface area contributed by atoms with Crippen LogP contribution in [0.4, 0.5) is 11.4 Å². The topological polar surface area (TPSA) is 136 Å². The van der Waals surface area contributed by atoms with Crippen molar-refractivity contribution in [3.8, 4) is 0 Å². The van der Waals surface area contributed by atoms with Crippen molar-refractivity contribution in [3.05, 3.63) is 33.9 Å². The van der Waals surface area contributed by atoms with E-state index in [2.05, 4.69) is 5.32 Å². The lowest BCUT2D eigenvalue weighted by Crippen LogP contribution is -2.32. The minimum absolute atomic E-state index is 0.00247. The first kappa shape index (κ1) is 16.4. The number of carboxylic acids is 1. The number of carbonyl (C=O) groups excluding carboxylic acids is 1. The van der Waals surface area contributed by atoms with E-state index >= 15 is 0 Å². The summed E-state index contributed by atoms with van der Waals surface area (Å²) in [4.78, 5) is 32.9. The van der Waals surface area contributed by atoms with Crippen LogP contribution in [-0.2, 0) is 4.79 Å². The van der Waals surface area contributed by atoms with E-state index in [1.54, 1.807) is 13.8 Å². The second-order valence-corrected chi connectivity index (χ2v) is 5.19. The first-order chi connectivity index (χ1) is 9.66.